The number of carbonyl (C=O) groups excluding carboxylic acids is 2. The second kappa shape index (κ2) is 9.20. The SMILES string of the molecule is CC(COc1cc(N2CCN(c3ncc(C(F)(F)F)cn3)CC2=O)ncc1F)OC(N)=O. The number of pyridine rings is 1. The Kier molecular flexibility index (Phi) is 6.60. The summed E-state index contributed by atoms with van der Waals surface area (Å²) < 4.78 is 62.0. The zero-order chi connectivity index (χ0) is 23.5. The van der Waals surface area contributed by atoms with Crippen molar-refractivity contribution in [3.63, 3.8) is 0 Å². The highest BCUT2D eigenvalue weighted by Crippen LogP contribution is 2.29. The van der Waals surface area contributed by atoms with E-state index < -0.39 is 35.7 Å². The lowest BCUT2D eigenvalue weighted by Crippen LogP contribution is -2.51. The van der Waals surface area contributed by atoms with Crippen LogP contribution in [0.4, 0.5) is 34.1 Å². The molecule has 2 aromatic rings. The van der Waals surface area contributed by atoms with Gasteiger partial charge in [-0.05, 0) is 6.92 Å². The van der Waals surface area contributed by atoms with Crippen LogP contribution >= 0.6 is 0 Å². The molecule has 2 aromatic heterocycles. The number of nitrogens with two attached hydrogens (primary N) is 1. The fraction of sp³-hybridized carbons (Fsp3) is 0.389. The maximum absolute atomic E-state index is 14.0. The Balaban J connectivity index is 1.66. The number of rotatable bonds is 6. The molecule has 1 atom stereocenters. The summed E-state index contributed by atoms with van der Waals surface area (Å²) in [5, 5.41) is 0. The molecule has 1 unspecified atom stereocenters. The lowest BCUT2D eigenvalue weighted by molar-refractivity contribution is -0.138. The van der Waals surface area contributed by atoms with E-state index in [0.717, 1.165) is 6.20 Å². The Morgan fingerprint density at radius 3 is 2.50 bits per heavy atom. The summed E-state index contributed by atoms with van der Waals surface area (Å²) in [6.45, 7) is 1.40. The maximum atomic E-state index is 14.0. The van der Waals surface area contributed by atoms with Gasteiger partial charge in [-0.1, -0.05) is 0 Å². The van der Waals surface area contributed by atoms with Gasteiger partial charge >= 0.3 is 12.3 Å². The Hall–Kier alpha value is -3.71. The van der Waals surface area contributed by atoms with Crippen LogP contribution in [0.5, 0.6) is 5.75 Å². The normalized spacial score (nSPS) is 15.5. The summed E-state index contributed by atoms with van der Waals surface area (Å²) in [6.07, 6.45) is -4.14. The van der Waals surface area contributed by atoms with Crippen LogP contribution in [0.2, 0.25) is 0 Å². The minimum absolute atomic E-state index is 0.0227. The van der Waals surface area contributed by atoms with Crippen molar-refractivity contribution in [1.82, 2.24) is 15.0 Å². The van der Waals surface area contributed by atoms with E-state index >= 15 is 0 Å². The van der Waals surface area contributed by atoms with Gasteiger partial charge in [0.2, 0.25) is 11.9 Å². The summed E-state index contributed by atoms with van der Waals surface area (Å²) in [7, 11) is 0. The molecule has 10 nitrogen and oxygen atoms in total. The lowest BCUT2D eigenvalue weighted by atomic mass is 10.3. The summed E-state index contributed by atoms with van der Waals surface area (Å²) in [5.41, 5.74) is 3.91. The molecule has 1 saturated heterocycles. The molecular formula is C18H18F4N6O4. The zero-order valence-electron chi connectivity index (χ0n) is 16.7. The number of ether oxygens (including phenoxy) is 2. The summed E-state index contributed by atoms with van der Waals surface area (Å²) in [6, 6.07) is 1.22. The summed E-state index contributed by atoms with van der Waals surface area (Å²) >= 11 is 0. The molecule has 3 rings (SSSR count). The third-order valence-corrected chi connectivity index (χ3v) is 4.34. The molecule has 32 heavy (non-hydrogen) atoms. The van der Waals surface area contributed by atoms with Gasteiger partial charge < -0.3 is 20.1 Å². The number of primary amides is 1. The molecule has 3 heterocycles. The van der Waals surface area contributed by atoms with Crippen LogP contribution in [0.1, 0.15) is 12.5 Å². The van der Waals surface area contributed by atoms with Gasteiger partial charge in [0.1, 0.15) is 25.1 Å². The Morgan fingerprint density at radius 2 is 1.91 bits per heavy atom. The molecule has 0 radical (unpaired) electrons. The average Bonchev–Trinajstić information content (AvgIpc) is 2.72. The third-order valence-electron chi connectivity index (χ3n) is 4.34. The molecule has 14 heteroatoms. The Labute approximate surface area is 178 Å². The molecule has 2 N–H and O–H groups in total. The largest absolute Gasteiger partial charge is 0.486 e. The topological polar surface area (TPSA) is 124 Å². The van der Waals surface area contributed by atoms with Crippen LogP contribution in [0.15, 0.2) is 24.7 Å². The lowest BCUT2D eigenvalue weighted by Gasteiger charge is -2.33. The van der Waals surface area contributed by atoms with Gasteiger partial charge in [0.25, 0.3) is 0 Å². The standard InChI is InChI=1S/C18H18F4N6O4/c1-10(32-16(23)30)9-31-13-4-14(24-7-12(13)19)28-3-2-27(8-15(28)29)17-25-5-11(6-26-17)18(20,21)22/h4-7,10H,2-3,8-9H2,1H3,(H2,23,30). The minimum atomic E-state index is -4.56. The van der Waals surface area contributed by atoms with Crippen LogP contribution in [-0.2, 0) is 15.7 Å². The van der Waals surface area contributed by atoms with Gasteiger partial charge in [0.15, 0.2) is 11.6 Å². The first-order chi connectivity index (χ1) is 15.0. The van der Waals surface area contributed by atoms with Crippen molar-refractivity contribution in [2.24, 2.45) is 5.73 Å². The van der Waals surface area contributed by atoms with Crippen LogP contribution in [-0.4, -0.2) is 59.3 Å². The van der Waals surface area contributed by atoms with Crippen molar-refractivity contribution in [2.45, 2.75) is 19.2 Å². The molecule has 1 aliphatic rings. The van der Waals surface area contributed by atoms with E-state index in [9.17, 15) is 27.2 Å². The highest BCUT2D eigenvalue weighted by Gasteiger charge is 2.33. The van der Waals surface area contributed by atoms with Gasteiger partial charge in [0, 0.05) is 31.5 Å². The van der Waals surface area contributed by atoms with Crippen molar-refractivity contribution in [3.05, 3.63) is 36.0 Å². The summed E-state index contributed by atoms with van der Waals surface area (Å²) in [5.74, 6) is -1.36. The first-order valence-corrected chi connectivity index (χ1v) is 9.23. The second-order valence-corrected chi connectivity index (χ2v) is 6.77. The molecule has 1 fully saturated rings. The van der Waals surface area contributed by atoms with E-state index in [1.807, 2.05) is 0 Å². The second-order valence-electron chi connectivity index (χ2n) is 6.77. The number of carbonyl (C=O) groups is 2. The Bertz CT molecular complexity index is 988. The van der Waals surface area contributed by atoms with Crippen molar-refractivity contribution >= 4 is 23.8 Å². The highest BCUT2D eigenvalue weighted by atomic mass is 19.4. The van der Waals surface area contributed by atoms with Crippen LogP contribution in [0.25, 0.3) is 0 Å². The molecule has 0 saturated carbocycles. The van der Waals surface area contributed by atoms with Gasteiger partial charge in [-0.3, -0.25) is 9.69 Å². The number of nitrogens with zero attached hydrogens (tertiary/aromatic N) is 5. The monoisotopic (exact) mass is 458 g/mol. The van der Waals surface area contributed by atoms with Crippen molar-refractivity contribution in [2.75, 3.05) is 36.0 Å². The maximum Gasteiger partial charge on any atom is 0.419 e. The van der Waals surface area contributed by atoms with Crippen LogP contribution < -0.4 is 20.3 Å². The summed E-state index contributed by atoms with van der Waals surface area (Å²) in [4.78, 5) is 37.3. The van der Waals surface area contributed by atoms with E-state index in [1.165, 1.54) is 22.8 Å². The first kappa shape index (κ1) is 23.0. The number of piperazine rings is 1. The smallest absolute Gasteiger partial charge is 0.419 e. The highest BCUT2D eigenvalue weighted by molar-refractivity contribution is 5.96. The van der Waals surface area contributed by atoms with Crippen molar-refractivity contribution in [3.8, 4) is 5.75 Å². The first-order valence-electron chi connectivity index (χ1n) is 9.23. The molecule has 1 aliphatic heterocycles. The number of alkyl halides is 3. The van der Waals surface area contributed by atoms with E-state index in [1.54, 1.807) is 0 Å². The molecule has 0 bridgehead atoms. The number of halogens is 4. The van der Waals surface area contributed by atoms with Crippen LogP contribution in [0, 0.1) is 5.82 Å². The van der Waals surface area contributed by atoms with E-state index in [-0.39, 0.29) is 43.8 Å². The zero-order valence-corrected chi connectivity index (χ0v) is 16.7. The fourth-order valence-electron chi connectivity index (χ4n) is 2.82. The molecule has 2 amide bonds. The van der Waals surface area contributed by atoms with E-state index in [4.69, 9.17) is 10.5 Å². The predicted octanol–water partition coefficient (Wildman–Crippen LogP) is 1.75. The van der Waals surface area contributed by atoms with Crippen LogP contribution in [0.3, 0.4) is 0 Å². The molecular weight excluding hydrogens is 440 g/mol. The number of anilines is 2. The predicted molar refractivity (Wildman–Crippen MR) is 101 cm³/mol. The molecule has 0 aliphatic carbocycles. The number of aromatic nitrogens is 3. The van der Waals surface area contributed by atoms with Gasteiger partial charge in [-0.2, -0.15) is 13.2 Å². The van der Waals surface area contributed by atoms with Gasteiger partial charge in [0.05, 0.1) is 11.8 Å². The third kappa shape index (κ3) is 5.50. The minimum Gasteiger partial charge on any atom is -0.486 e. The molecule has 0 spiro atoms. The number of amides is 2. The van der Waals surface area contributed by atoms with Crippen molar-refractivity contribution in [1.29, 1.82) is 0 Å². The molecule has 0 aromatic carbocycles. The van der Waals surface area contributed by atoms with E-state index in [0.29, 0.717) is 12.4 Å². The van der Waals surface area contributed by atoms with E-state index in [2.05, 4.69) is 19.7 Å². The van der Waals surface area contributed by atoms with Gasteiger partial charge in [-0.15, -0.1) is 0 Å². The average molecular weight is 458 g/mol. The number of hydrogen-bond acceptors (Lipinski definition) is 8. The Morgan fingerprint density at radius 1 is 1.22 bits per heavy atom. The quantitative estimate of drug-likeness (QED) is 0.650. The molecule has 172 valence electrons. The number of hydrogen-bond donors (Lipinski definition) is 1. The fourth-order valence-corrected chi connectivity index (χ4v) is 2.82. The van der Waals surface area contributed by atoms with Crippen molar-refractivity contribution < 1.29 is 36.6 Å². The van der Waals surface area contributed by atoms with Gasteiger partial charge in [-0.25, -0.2) is 24.1 Å².